The van der Waals surface area contributed by atoms with Gasteiger partial charge in [-0.2, -0.15) is 0 Å². The number of carbonyl (C=O) groups is 1. The number of nitrogens with one attached hydrogen (secondary N) is 2. The Kier molecular flexibility index (Phi) is 7.10. The highest BCUT2D eigenvalue weighted by Crippen LogP contribution is 2.05. The van der Waals surface area contributed by atoms with E-state index in [1.54, 1.807) is 0 Å². The van der Waals surface area contributed by atoms with Gasteiger partial charge >= 0.3 is 5.97 Å². The zero-order chi connectivity index (χ0) is 14.1. The van der Waals surface area contributed by atoms with Crippen molar-refractivity contribution in [3.63, 3.8) is 0 Å². The molecule has 1 rings (SSSR count). The predicted molar refractivity (Wildman–Crippen MR) is 72.4 cm³/mol. The van der Waals surface area contributed by atoms with Gasteiger partial charge in [0.25, 0.3) is 0 Å². The molecule has 1 aromatic rings. The van der Waals surface area contributed by atoms with Gasteiger partial charge < -0.3 is 9.84 Å². The Balaban J connectivity index is 2.31. The second kappa shape index (κ2) is 8.63. The van der Waals surface area contributed by atoms with Crippen LogP contribution in [0.1, 0.15) is 30.9 Å². The fraction of sp³-hybridized carbons (Fsp3) is 0.500. The zero-order valence-electron chi connectivity index (χ0n) is 11.2. The van der Waals surface area contributed by atoms with Gasteiger partial charge in [0, 0.05) is 13.1 Å². The lowest BCUT2D eigenvalue weighted by molar-refractivity contribution is -0.151. The molecule has 1 aromatic carbocycles. The van der Waals surface area contributed by atoms with Crippen molar-refractivity contribution in [1.82, 2.24) is 11.1 Å². The number of carboxylic acids is 1. The summed E-state index contributed by atoms with van der Waals surface area (Å²) in [7, 11) is 0. The summed E-state index contributed by atoms with van der Waals surface area (Å²) in [6.07, 6.45) is 0.561. The molecule has 0 amide bonds. The molecule has 105 valence electrons. The Morgan fingerprint density at radius 3 is 2.84 bits per heavy atom. The van der Waals surface area contributed by atoms with Crippen LogP contribution in [0, 0.1) is 0 Å². The molecule has 0 heterocycles. The Bertz CT molecular complexity index is 396. The molecule has 5 nitrogen and oxygen atoms in total. The van der Waals surface area contributed by atoms with Gasteiger partial charge in [-0.25, -0.2) is 4.79 Å². The number of ether oxygens (including phenoxy) is 1. The van der Waals surface area contributed by atoms with E-state index in [0.717, 1.165) is 17.5 Å². The molecule has 3 N–H and O–H groups in total. The fourth-order valence-corrected chi connectivity index (χ4v) is 1.74. The van der Waals surface area contributed by atoms with E-state index in [1.807, 2.05) is 31.2 Å². The Labute approximate surface area is 113 Å². The van der Waals surface area contributed by atoms with Crippen molar-refractivity contribution in [3.05, 3.63) is 35.4 Å². The van der Waals surface area contributed by atoms with E-state index in [4.69, 9.17) is 15.6 Å². The maximum atomic E-state index is 10.9. The minimum atomic E-state index is -0.917. The third kappa shape index (κ3) is 5.83. The van der Waals surface area contributed by atoms with Gasteiger partial charge in [0.1, 0.15) is 0 Å². The van der Waals surface area contributed by atoms with Gasteiger partial charge in [0.2, 0.25) is 0 Å². The van der Waals surface area contributed by atoms with Crippen LogP contribution in [0.25, 0.3) is 0 Å². The second-order valence-electron chi connectivity index (χ2n) is 4.35. The molecule has 0 aliphatic heterocycles. The average molecular weight is 265 g/mol. The first-order chi connectivity index (χ1) is 9.17. The quantitative estimate of drug-likeness (QED) is 0.526. The third-order valence-electron chi connectivity index (χ3n) is 2.74. The summed E-state index contributed by atoms with van der Waals surface area (Å²) in [6, 6.07) is 7.75. The van der Waals surface area contributed by atoms with Crippen molar-refractivity contribution in [1.29, 1.82) is 0 Å². The van der Waals surface area contributed by atoms with Crippen molar-refractivity contribution >= 4 is 5.97 Å². The lowest BCUT2D eigenvalue weighted by atomic mass is 10.1. The molecule has 0 saturated carbocycles. The molecule has 0 spiro atoms. The second-order valence-corrected chi connectivity index (χ2v) is 4.35. The monoisotopic (exact) mass is 265 g/mol. The summed E-state index contributed by atoms with van der Waals surface area (Å²) in [5.41, 5.74) is 9.33. The summed E-state index contributed by atoms with van der Waals surface area (Å²) in [5, 5.41) is 12.0. The Morgan fingerprint density at radius 1 is 1.47 bits per heavy atom. The van der Waals surface area contributed by atoms with E-state index in [1.165, 1.54) is 0 Å². The molecule has 0 aliphatic rings. The van der Waals surface area contributed by atoms with Crippen LogP contribution >= 0.6 is 0 Å². The molecule has 0 saturated heterocycles. The molecular weight excluding hydrogens is 244 g/mol. The van der Waals surface area contributed by atoms with Crippen molar-refractivity contribution in [3.8, 4) is 0 Å². The molecule has 1 atom stereocenters. The highest BCUT2D eigenvalue weighted by atomic mass is 16.5. The third-order valence-corrected chi connectivity index (χ3v) is 2.74. The van der Waals surface area contributed by atoms with Gasteiger partial charge in [0.15, 0.2) is 6.10 Å². The van der Waals surface area contributed by atoms with Crippen molar-refractivity contribution in [2.24, 2.45) is 0 Å². The van der Waals surface area contributed by atoms with Crippen LogP contribution < -0.4 is 11.1 Å². The molecule has 0 bridgehead atoms. The molecule has 0 aromatic heterocycles. The minimum Gasteiger partial charge on any atom is -0.479 e. The van der Waals surface area contributed by atoms with Crippen molar-refractivity contribution in [2.45, 2.75) is 39.0 Å². The van der Waals surface area contributed by atoms with E-state index >= 15 is 0 Å². The van der Waals surface area contributed by atoms with Crippen LogP contribution in [0.3, 0.4) is 0 Å². The van der Waals surface area contributed by atoms with Gasteiger partial charge in [0.05, 0.1) is 6.73 Å². The maximum absolute atomic E-state index is 10.9. The molecule has 1 radical (unpaired) electrons. The lowest BCUT2D eigenvalue weighted by Crippen LogP contribution is -2.29. The van der Waals surface area contributed by atoms with Gasteiger partial charge in [-0.3, -0.25) is 11.1 Å². The van der Waals surface area contributed by atoms with Crippen LogP contribution in [-0.2, 0) is 22.6 Å². The first-order valence-electron chi connectivity index (χ1n) is 6.45. The number of carboxylic acid groups (broad SMARTS) is 1. The lowest BCUT2D eigenvalue weighted by Gasteiger charge is -2.13. The first-order valence-corrected chi connectivity index (χ1v) is 6.45. The number of aliphatic carboxylic acids is 1. The van der Waals surface area contributed by atoms with E-state index < -0.39 is 12.1 Å². The van der Waals surface area contributed by atoms with Crippen LogP contribution in [0.5, 0.6) is 0 Å². The summed E-state index contributed by atoms with van der Waals surface area (Å²) in [5.74, 6) is -0.917. The van der Waals surface area contributed by atoms with E-state index in [9.17, 15) is 4.79 Å². The summed E-state index contributed by atoms with van der Waals surface area (Å²) in [6.45, 7) is 3.01. The van der Waals surface area contributed by atoms with Crippen LogP contribution in [0.4, 0.5) is 0 Å². The highest BCUT2D eigenvalue weighted by molar-refractivity contribution is 5.72. The van der Waals surface area contributed by atoms with Gasteiger partial charge in [-0.15, -0.1) is 0 Å². The topological polar surface area (TPSA) is 82.4 Å². The number of rotatable bonds is 9. The molecule has 1 unspecified atom stereocenters. The largest absolute Gasteiger partial charge is 0.479 e. The van der Waals surface area contributed by atoms with E-state index in [2.05, 4.69) is 5.32 Å². The van der Waals surface area contributed by atoms with Crippen LogP contribution in [-0.4, -0.2) is 23.9 Å². The normalized spacial score (nSPS) is 12.3. The number of hydrogen-bond acceptors (Lipinski definition) is 3. The Hall–Kier alpha value is -1.43. The van der Waals surface area contributed by atoms with Crippen molar-refractivity contribution < 1.29 is 14.6 Å². The van der Waals surface area contributed by atoms with Crippen LogP contribution in [0.15, 0.2) is 24.3 Å². The van der Waals surface area contributed by atoms with E-state index in [-0.39, 0.29) is 13.3 Å². The highest BCUT2D eigenvalue weighted by Gasteiger charge is 2.15. The fourth-order valence-electron chi connectivity index (χ4n) is 1.74. The minimum absolute atomic E-state index is 0.210. The van der Waals surface area contributed by atoms with Gasteiger partial charge in [-0.05, 0) is 17.5 Å². The average Bonchev–Trinajstić information content (AvgIpc) is 2.42. The molecular formula is C14H21N2O3. The summed E-state index contributed by atoms with van der Waals surface area (Å²) >= 11 is 0. The smallest absolute Gasteiger partial charge is 0.332 e. The summed E-state index contributed by atoms with van der Waals surface area (Å²) < 4.78 is 5.27. The molecule has 19 heavy (non-hydrogen) atoms. The summed E-state index contributed by atoms with van der Waals surface area (Å²) in [4.78, 5) is 10.9. The first kappa shape index (κ1) is 15.6. The maximum Gasteiger partial charge on any atom is 0.332 e. The van der Waals surface area contributed by atoms with Gasteiger partial charge in [-0.1, -0.05) is 37.6 Å². The van der Waals surface area contributed by atoms with Crippen molar-refractivity contribution in [2.75, 3.05) is 6.73 Å². The Morgan fingerprint density at radius 2 is 2.21 bits per heavy atom. The SMILES string of the molecule is CCCC(OCNCc1cccc(C[NH])c1)C(=O)O. The standard InChI is InChI=1S/C14H21N2O3/c1-2-4-13(14(17)18)19-10-16-9-12-6-3-5-11(7-12)8-15/h3,5-7,13,15-16H,2,4,8-10H2,1H3,(H,17,18). The number of benzene rings is 1. The number of hydrogen-bond donors (Lipinski definition) is 2. The predicted octanol–water partition coefficient (Wildman–Crippen LogP) is 1.79. The zero-order valence-corrected chi connectivity index (χ0v) is 11.2. The van der Waals surface area contributed by atoms with E-state index in [0.29, 0.717) is 13.0 Å². The molecule has 5 heteroatoms. The molecule has 0 fully saturated rings. The molecule has 0 aliphatic carbocycles. The van der Waals surface area contributed by atoms with Crippen LogP contribution in [0.2, 0.25) is 0 Å².